The third kappa shape index (κ3) is 2.48. The predicted octanol–water partition coefficient (Wildman–Crippen LogP) is 1.80. The SMILES string of the molecule is COC(=O)C(O)c1cc(C)ccc1N1CCCC1. The van der Waals surface area contributed by atoms with E-state index in [1.807, 2.05) is 25.1 Å². The smallest absolute Gasteiger partial charge is 0.339 e. The van der Waals surface area contributed by atoms with Crippen molar-refractivity contribution in [1.82, 2.24) is 0 Å². The van der Waals surface area contributed by atoms with Gasteiger partial charge in [-0.15, -0.1) is 0 Å². The maximum atomic E-state index is 11.5. The summed E-state index contributed by atoms with van der Waals surface area (Å²) in [7, 11) is 1.29. The van der Waals surface area contributed by atoms with Crippen molar-refractivity contribution >= 4 is 11.7 Å². The number of aryl methyl sites for hydroxylation is 1. The molecule has 4 heteroatoms. The number of anilines is 1. The van der Waals surface area contributed by atoms with E-state index in [0.29, 0.717) is 5.56 Å². The van der Waals surface area contributed by atoms with Gasteiger partial charge >= 0.3 is 5.97 Å². The summed E-state index contributed by atoms with van der Waals surface area (Å²) >= 11 is 0. The highest BCUT2D eigenvalue weighted by Crippen LogP contribution is 2.30. The van der Waals surface area contributed by atoms with Crippen LogP contribution in [0.5, 0.6) is 0 Å². The van der Waals surface area contributed by atoms with Gasteiger partial charge in [0.2, 0.25) is 0 Å². The van der Waals surface area contributed by atoms with Gasteiger partial charge in [-0.25, -0.2) is 4.79 Å². The molecule has 1 aromatic rings. The second-order valence-electron chi connectivity index (χ2n) is 4.68. The van der Waals surface area contributed by atoms with Crippen molar-refractivity contribution in [3.05, 3.63) is 29.3 Å². The third-order valence-electron chi connectivity index (χ3n) is 3.35. The normalized spacial score (nSPS) is 16.7. The van der Waals surface area contributed by atoms with E-state index in [-0.39, 0.29) is 0 Å². The molecule has 0 amide bonds. The Kier molecular flexibility index (Phi) is 3.87. The molecule has 0 aliphatic carbocycles. The van der Waals surface area contributed by atoms with Crippen LogP contribution in [-0.4, -0.2) is 31.3 Å². The molecule has 1 aliphatic heterocycles. The summed E-state index contributed by atoms with van der Waals surface area (Å²) in [5.74, 6) is -0.610. The van der Waals surface area contributed by atoms with E-state index >= 15 is 0 Å². The van der Waals surface area contributed by atoms with Crippen LogP contribution in [0.4, 0.5) is 5.69 Å². The number of methoxy groups -OCH3 is 1. The number of hydrogen-bond donors (Lipinski definition) is 1. The van der Waals surface area contributed by atoms with Crippen molar-refractivity contribution < 1.29 is 14.6 Å². The van der Waals surface area contributed by atoms with Crippen molar-refractivity contribution in [2.24, 2.45) is 0 Å². The highest BCUT2D eigenvalue weighted by atomic mass is 16.5. The molecule has 1 aliphatic rings. The first-order valence-corrected chi connectivity index (χ1v) is 6.25. The minimum Gasteiger partial charge on any atom is -0.467 e. The lowest BCUT2D eigenvalue weighted by atomic mass is 10.0. The Hall–Kier alpha value is -1.55. The van der Waals surface area contributed by atoms with Crippen molar-refractivity contribution in [2.45, 2.75) is 25.9 Å². The Morgan fingerprint density at radius 3 is 2.67 bits per heavy atom. The van der Waals surface area contributed by atoms with Crippen LogP contribution in [0.15, 0.2) is 18.2 Å². The van der Waals surface area contributed by atoms with Gasteiger partial charge in [0.25, 0.3) is 0 Å². The molecule has 1 fully saturated rings. The van der Waals surface area contributed by atoms with E-state index in [1.165, 1.54) is 7.11 Å². The van der Waals surface area contributed by atoms with E-state index < -0.39 is 12.1 Å². The van der Waals surface area contributed by atoms with Crippen LogP contribution in [0, 0.1) is 6.92 Å². The zero-order valence-electron chi connectivity index (χ0n) is 10.8. The first-order valence-electron chi connectivity index (χ1n) is 6.25. The lowest BCUT2D eigenvalue weighted by Gasteiger charge is -2.23. The van der Waals surface area contributed by atoms with Gasteiger partial charge in [-0.05, 0) is 25.8 Å². The average molecular weight is 249 g/mol. The fraction of sp³-hybridized carbons (Fsp3) is 0.500. The minimum atomic E-state index is -1.20. The number of nitrogens with zero attached hydrogens (tertiary/aromatic N) is 1. The Labute approximate surface area is 107 Å². The molecule has 1 heterocycles. The van der Waals surface area contributed by atoms with Crippen LogP contribution in [0.25, 0.3) is 0 Å². The van der Waals surface area contributed by atoms with Gasteiger partial charge in [-0.3, -0.25) is 0 Å². The van der Waals surface area contributed by atoms with Gasteiger partial charge in [-0.2, -0.15) is 0 Å². The van der Waals surface area contributed by atoms with Crippen LogP contribution in [-0.2, 0) is 9.53 Å². The fourth-order valence-electron chi connectivity index (χ4n) is 2.38. The third-order valence-corrected chi connectivity index (χ3v) is 3.35. The number of carbonyl (C=O) groups is 1. The standard InChI is InChI=1S/C14H19NO3/c1-10-5-6-12(15-7-3-4-8-15)11(9-10)13(16)14(17)18-2/h5-6,9,13,16H,3-4,7-8H2,1-2H3. The summed E-state index contributed by atoms with van der Waals surface area (Å²) in [5.41, 5.74) is 2.61. The molecule has 1 atom stereocenters. The lowest BCUT2D eigenvalue weighted by molar-refractivity contribution is -0.150. The number of esters is 1. The number of hydrogen-bond acceptors (Lipinski definition) is 4. The van der Waals surface area contributed by atoms with Gasteiger partial charge in [0.1, 0.15) is 0 Å². The zero-order chi connectivity index (χ0) is 13.1. The number of benzene rings is 1. The van der Waals surface area contributed by atoms with E-state index in [0.717, 1.165) is 37.2 Å². The Morgan fingerprint density at radius 2 is 2.06 bits per heavy atom. The zero-order valence-corrected chi connectivity index (χ0v) is 10.8. The number of aliphatic hydroxyl groups is 1. The molecule has 1 N–H and O–H groups in total. The van der Waals surface area contributed by atoms with Crippen LogP contribution in [0.1, 0.15) is 30.1 Å². The summed E-state index contributed by atoms with van der Waals surface area (Å²) in [6.07, 6.45) is 1.11. The van der Waals surface area contributed by atoms with Gasteiger partial charge < -0.3 is 14.7 Å². The summed E-state index contributed by atoms with van der Waals surface area (Å²) in [6, 6.07) is 5.83. The van der Waals surface area contributed by atoms with Crippen LogP contribution in [0.3, 0.4) is 0 Å². The van der Waals surface area contributed by atoms with E-state index in [1.54, 1.807) is 0 Å². The highest BCUT2D eigenvalue weighted by Gasteiger charge is 2.24. The maximum Gasteiger partial charge on any atom is 0.339 e. The predicted molar refractivity (Wildman–Crippen MR) is 69.6 cm³/mol. The molecule has 1 unspecified atom stereocenters. The average Bonchev–Trinajstić information content (AvgIpc) is 2.90. The van der Waals surface area contributed by atoms with E-state index in [9.17, 15) is 9.90 Å². The Morgan fingerprint density at radius 1 is 1.39 bits per heavy atom. The highest BCUT2D eigenvalue weighted by molar-refractivity contribution is 5.79. The van der Waals surface area contributed by atoms with Gasteiger partial charge in [0, 0.05) is 24.3 Å². The molecule has 4 nitrogen and oxygen atoms in total. The molecule has 0 bridgehead atoms. The molecule has 2 rings (SSSR count). The van der Waals surface area contributed by atoms with Gasteiger partial charge in [0.15, 0.2) is 6.10 Å². The van der Waals surface area contributed by atoms with Crippen LogP contribution in [0.2, 0.25) is 0 Å². The van der Waals surface area contributed by atoms with E-state index in [2.05, 4.69) is 9.64 Å². The summed E-state index contributed by atoms with van der Waals surface area (Å²) in [5, 5.41) is 10.1. The van der Waals surface area contributed by atoms with Crippen molar-refractivity contribution in [3.63, 3.8) is 0 Å². The molecular weight excluding hydrogens is 230 g/mol. The number of ether oxygens (including phenoxy) is 1. The molecule has 0 radical (unpaired) electrons. The molecule has 1 aromatic carbocycles. The molecule has 0 aromatic heterocycles. The number of carbonyl (C=O) groups excluding carboxylic acids is 1. The Balaban J connectivity index is 2.36. The Bertz CT molecular complexity index is 439. The topological polar surface area (TPSA) is 49.8 Å². The summed E-state index contributed by atoms with van der Waals surface area (Å²) in [4.78, 5) is 13.7. The van der Waals surface area contributed by atoms with Crippen LogP contribution >= 0.6 is 0 Å². The molecule has 18 heavy (non-hydrogen) atoms. The maximum absolute atomic E-state index is 11.5. The molecular formula is C14H19NO3. The molecule has 98 valence electrons. The van der Waals surface area contributed by atoms with Gasteiger partial charge in [0.05, 0.1) is 7.11 Å². The molecule has 0 spiro atoms. The second kappa shape index (κ2) is 5.40. The summed E-state index contributed by atoms with van der Waals surface area (Å²) in [6.45, 7) is 3.90. The first-order chi connectivity index (χ1) is 8.63. The van der Waals surface area contributed by atoms with Crippen molar-refractivity contribution in [1.29, 1.82) is 0 Å². The minimum absolute atomic E-state index is 0.610. The monoisotopic (exact) mass is 249 g/mol. The lowest BCUT2D eigenvalue weighted by Crippen LogP contribution is -2.22. The quantitative estimate of drug-likeness (QED) is 0.830. The number of rotatable bonds is 3. The van der Waals surface area contributed by atoms with E-state index in [4.69, 9.17) is 0 Å². The molecule has 0 saturated carbocycles. The number of aliphatic hydroxyl groups excluding tert-OH is 1. The fourth-order valence-corrected chi connectivity index (χ4v) is 2.38. The second-order valence-corrected chi connectivity index (χ2v) is 4.68. The van der Waals surface area contributed by atoms with Crippen molar-refractivity contribution in [2.75, 3.05) is 25.1 Å². The molecule has 1 saturated heterocycles. The first kappa shape index (κ1) is 12.9. The largest absolute Gasteiger partial charge is 0.467 e. The van der Waals surface area contributed by atoms with Crippen molar-refractivity contribution in [3.8, 4) is 0 Å². The summed E-state index contributed by atoms with van der Waals surface area (Å²) < 4.78 is 4.62. The van der Waals surface area contributed by atoms with Gasteiger partial charge in [-0.1, -0.05) is 17.7 Å². The van der Waals surface area contributed by atoms with Crippen LogP contribution < -0.4 is 4.90 Å².